The molecule has 1 aromatic heterocycles. The Hall–Kier alpha value is -2.89. The summed E-state index contributed by atoms with van der Waals surface area (Å²) in [5, 5.41) is 0. The highest BCUT2D eigenvalue weighted by atomic mass is 16.2. The van der Waals surface area contributed by atoms with E-state index in [0.717, 1.165) is 10.1 Å². The van der Waals surface area contributed by atoms with Gasteiger partial charge in [0.15, 0.2) is 0 Å². The Bertz CT molecular complexity index is 799. The van der Waals surface area contributed by atoms with E-state index in [1.807, 2.05) is 30.3 Å². The highest BCUT2D eigenvalue weighted by Crippen LogP contribution is 2.32. The van der Waals surface area contributed by atoms with Crippen LogP contribution in [0.1, 0.15) is 18.4 Å². The summed E-state index contributed by atoms with van der Waals surface area (Å²) < 4.78 is 1.02. The molecule has 0 aliphatic heterocycles. The van der Waals surface area contributed by atoms with E-state index in [9.17, 15) is 14.4 Å². The number of H-pyrrole nitrogens is 2. The summed E-state index contributed by atoms with van der Waals surface area (Å²) in [6.07, 6.45) is 3.93. The molecule has 0 amide bonds. The second-order valence-electron chi connectivity index (χ2n) is 4.91. The number of aromatic nitrogens is 3. The standard InChI is InChI=1S/C16H17N3O3/c1-3-10-16(11-4-2,12-8-6-5-7-9-12)19-14(21)17-13(20)18-15(19)22/h3-9H,1-2,10-11H2,(H2,17,18,20,21,22). The number of nitrogens with one attached hydrogen (secondary N) is 2. The summed E-state index contributed by atoms with van der Waals surface area (Å²) in [6, 6.07) is 9.13. The van der Waals surface area contributed by atoms with Gasteiger partial charge < -0.3 is 0 Å². The summed E-state index contributed by atoms with van der Waals surface area (Å²) in [5.41, 5.74) is -2.58. The molecule has 6 nitrogen and oxygen atoms in total. The number of benzene rings is 1. The van der Waals surface area contributed by atoms with Crippen molar-refractivity contribution in [3.05, 3.63) is 92.7 Å². The largest absolute Gasteiger partial charge is 0.334 e. The molecule has 2 N–H and O–H groups in total. The Balaban J connectivity index is 2.88. The maximum Gasteiger partial charge on any atom is 0.334 e. The van der Waals surface area contributed by atoms with Crippen LogP contribution in [0.5, 0.6) is 0 Å². The number of rotatable bonds is 6. The van der Waals surface area contributed by atoms with Crippen LogP contribution in [0.2, 0.25) is 0 Å². The lowest BCUT2D eigenvalue weighted by atomic mass is 9.83. The Morgan fingerprint density at radius 3 is 1.91 bits per heavy atom. The van der Waals surface area contributed by atoms with Crippen LogP contribution in [0.4, 0.5) is 0 Å². The van der Waals surface area contributed by atoms with Gasteiger partial charge >= 0.3 is 17.1 Å². The molecule has 0 fully saturated rings. The average molecular weight is 299 g/mol. The van der Waals surface area contributed by atoms with Crippen LogP contribution < -0.4 is 17.1 Å². The zero-order valence-electron chi connectivity index (χ0n) is 12.0. The van der Waals surface area contributed by atoms with Gasteiger partial charge in [-0.2, -0.15) is 0 Å². The Kier molecular flexibility index (Phi) is 4.41. The van der Waals surface area contributed by atoms with Gasteiger partial charge in [0, 0.05) is 0 Å². The Morgan fingerprint density at radius 1 is 0.955 bits per heavy atom. The van der Waals surface area contributed by atoms with E-state index in [1.165, 1.54) is 0 Å². The Labute approximate surface area is 126 Å². The van der Waals surface area contributed by atoms with E-state index in [1.54, 1.807) is 12.2 Å². The van der Waals surface area contributed by atoms with Gasteiger partial charge in [0.25, 0.3) is 0 Å². The number of nitrogens with zero attached hydrogens (tertiary/aromatic N) is 1. The van der Waals surface area contributed by atoms with E-state index >= 15 is 0 Å². The van der Waals surface area contributed by atoms with E-state index in [0.29, 0.717) is 12.8 Å². The summed E-state index contributed by atoms with van der Waals surface area (Å²) in [4.78, 5) is 40.0. The van der Waals surface area contributed by atoms with E-state index in [4.69, 9.17) is 0 Å². The van der Waals surface area contributed by atoms with Gasteiger partial charge in [-0.3, -0.25) is 9.97 Å². The van der Waals surface area contributed by atoms with Crippen molar-refractivity contribution in [3.63, 3.8) is 0 Å². The maximum atomic E-state index is 12.2. The fourth-order valence-electron chi connectivity index (χ4n) is 2.67. The first kappa shape index (κ1) is 15.5. The van der Waals surface area contributed by atoms with Crippen LogP contribution in [0.15, 0.2) is 70.0 Å². The van der Waals surface area contributed by atoms with Crippen LogP contribution in [0, 0.1) is 0 Å². The number of aromatic amines is 2. The second kappa shape index (κ2) is 6.26. The van der Waals surface area contributed by atoms with Crippen LogP contribution in [0.25, 0.3) is 0 Å². The van der Waals surface area contributed by atoms with Crippen molar-refractivity contribution in [2.75, 3.05) is 0 Å². The second-order valence-corrected chi connectivity index (χ2v) is 4.91. The molecule has 0 atom stereocenters. The van der Waals surface area contributed by atoms with Crippen LogP contribution in [-0.2, 0) is 5.54 Å². The van der Waals surface area contributed by atoms with Gasteiger partial charge in [0.05, 0.1) is 5.54 Å². The number of hydrogen-bond acceptors (Lipinski definition) is 3. The molecule has 22 heavy (non-hydrogen) atoms. The van der Waals surface area contributed by atoms with Crippen LogP contribution in [0.3, 0.4) is 0 Å². The lowest BCUT2D eigenvalue weighted by Crippen LogP contribution is -2.53. The van der Waals surface area contributed by atoms with Gasteiger partial charge in [-0.1, -0.05) is 42.5 Å². The SMILES string of the molecule is C=CCC(CC=C)(c1ccccc1)n1c(=O)[nH]c(=O)[nH]c1=O. The third-order valence-electron chi connectivity index (χ3n) is 3.55. The molecule has 0 unspecified atom stereocenters. The highest BCUT2D eigenvalue weighted by Gasteiger charge is 2.35. The topological polar surface area (TPSA) is 87.7 Å². The zero-order valence-corrected chi connectivity index (χ0v) is 12.0. The van der Waals surface area contributed by atoms with Crippen molar-refractivity contribution in [2.45, 2.75) is 18.4 Å². The smallest absolute Gasteiger partial charge is 0.259 e. The molecule has 0 spiro atoms. The molecular formula is C16H17N3O3. The molecule has 0 saturated heterocycles. The summed E-state index contributed by atoms with van der Waals surface area (Å²) in [5.74, 6) is 0. The predicted molar refractivity (Wildman–Crippen MR) is 85.1 cm³/mol. The van der Waals surface area contributed by atoms with Crippen molar-refractivity contribution in [1.29, 1.82) is 0 Å². The third kappa shape index (κ3) is 2.63. The van der Waals surface area contributed by atoms with E-state index in [2.05, 4.69) is 23.1 Å². The predicted octanol–water partition coefficient (Wildman–Crippen LogP) is 1.12. The summed E-state index contributed by atoms with van der Waals surface area (Å²) in [7, 11) is 0. The maximum absolute atomic E-state index is 12.2. The molecule has 2 rings (SSSR count). The summed E-state index contributed by atoms with van der Waals surface area (Å²) >= 11 is 0. The van der Waals surface area contributed by atoms with E-state index in [-0.39, 0.29) is 0 Å². The minimum Gasteiger partial charge on any atom is -0.259 e. The van der Waals surface area contributed by atoms with Gasteiger partial charge in [-0.05, 0) is 18.4 Å². The van der Waals surface area contributed by atoms with Crippen molar-refractivity contribution >= 4 is 0 Å². The minimum atomic E-state index is -0.986. The Morgan fingerprint density at radius 2 is 1.45 bits per heavy atom. The molecular weight excluding hydrogens is 282 g/mol. The number of hydrogen-bond donors (Lipinski definition) is 2. The normalized spacial score (nSPS) is 11.1. The molecule has 1 aromatic carbocycles. The van der Waals surface area contributed by atoms with Crippen LogP contribution >= 0.6 is 0 Å². The first-order chi connectivity index (χ1) is 10.5. The highest BCUT2D eigenvalue weighted by molar-refractivity contribution is 5.27. The average Bonchev–Trinajstić information content (AvgIpc) is 2.47. The molecule has 114 valence electrons. The quantitative estimate of drug-likeness (QED) is 0.784. The van der Waals surface area contributed by atoms with Crippen molar-refractivity contribution in [3.8, 4) is 0 Å². The zero-order chi connectivity index (χ0) is 16.2. The third-order valence-corrected chi connectivity index (χ3v) is 3.55. The fourth-order valence-corrected chi connectivity index (χ4v) is 2.67. The van der Waals surface area contributed by atoms with Gasteiger partial charge in [0.1, 0.15) is 0 Å². The van der Waals surface area contributed by atoms with Crippen molar-refractivity contribution in [1.82, 2.24) is 14.5 Å². The fraction of sp³-hybridized carbons (Fsp3) is 0.188. The molecule has 0 aliphatic carbocycles. The lowest BCUT2D eigenvalue weighted by molar-refractivity contribution is 0.327. The minimum absolute atomic E-state index is 0.331. The molecule has 1 heterocycles. The van der Waals surface area contributed by atoms with Gasteiger partial charge in [0.2, 0.25) is 0 Å². The van der Waals surface area contributed by atoms with Crippen molar-refractivity contribution in [2.24, 2.45) is 0 Å². The summed E-state index contributed by atoms with van der Waals surface area (Å²) in [6.45, 7) is 7.44. The van der Waals surface area contributed by atoms with E-state index < -0.39 is 22.6 Å². The molecule has 0 aliphatic rings. The number of allylic oxidation sites excluding steroid dienone is 2. The molecule has 0 radical (unpaired) electrons. The van der Waals surface area contributed by atoms with Gasteiger partial charge in [-0.25, -0.2) is 19.0 Å². The molecule has 0 saturated carbocycles. The molecule has 0 bridgehead atoms. The van der Waals surface area contributed by atoms with Gasteiger partial charge in [-0.15, -0.1) is 13.2 Å². The first-order valence-corrected chi connectivity index (χ1v) is 6.78. The monoisotopic (exact) mass is 299 g/mol. The molecule has 2 aromatic rings. The van der Waals surface area contributed by atoms with Crippen LogP contribution in [-0.4, -0.2) is 14.5 Å². The van der Waals surface area contributed by atoms with Crippen molar-refractivity contribution < 1.29 is 0 Å². The molecule has 6 heteroatoms. The lowest BCUT2D eigenvalue weighted by Gasteiger charge is -2.33. The first-order valence-electron chi connectivity index (χ1n) is 6.78.